The van der Waals surface area contributed by atoms with Crippen molar-refractivity contribution in [2.24, 2.45) is 0 Å². The van der Waals surface area contributed by atoms with Gasteiger partial charge in [-0.15, -0.1) is 0 Å². The molecule has 0 unspecified atom stereocenters. The summed E-state index contributed by atoms with van der Waals surface area (Å²) in [6, 6.07) is 14.7. The van der Waals surface area contributed by atoms with Crippen LogP contribution in [0.1, 0.15) is 10.4 Å². The molecule has 0 atom stereocenters. The maximum Gasteiger partial charge on any atom is 0.255 e. The predicted molar refractivity (Wildman–Crippen MR) is 73.6 cm³/mol. The fourth-order valence-electron chi connectivity index (χ4n) is 1.65. The number of hydrogen-bond donors (Lipinski definition) is 2. The molecule has 2 aromatic rings. The molecule has 2 N–H and O–H groups in total. The van der Waals surface area contributed by atoms with E-state index in [0.717, 1.165) is 0 Å². The van der Waals surface area contributed by atoms with E-state index in [1.165, 1.54) is 12.1 Å². The Morgan fingerprint density at radius 3 is 2.80 bits per heavy atom. The van der Waals surface area contributed by atoms with Crippen LogP contribution in [0.3, 0.4) is 0 Å². The molecule has 20 heavy (non-hydrogen) atoms. The first-order valence-electron chi connectivity index (χ1n) is 5.90. The number of nitrogens with one attached hydrogen (secondary N) is 1. The highest BCUT2D eigenvalue weighted by Crippen LogP contribution is 2.24. The molecule has 100 valence electrons. The molecule has 0 radical (unpaired) electrons. The largest absolute Gasteiger partial charge is 0.508 e. The summed E-state index contributed by atoms with van der Waals surface area (Å²) in [5.74, 6) is 0.0723. The van der Waals surface area contributed by atoms with E-state index in [9.17, 15) is 9.90 Å². The molecule has 0 aromatic heterocycles. The molecular weight excluding hydrogens is 256 g/mol. The second-order valence-electron chi connectivity index (χ2n) is 3.95. The van der Waals surface area contributed by atoms with E-state index in [-0.39, 0.29) is 18.3 Å². The molecule has 1 amide bonds. The van der Waals surface area contributed by atoms with Gasteiger partial charge in [0.2, 0.25) is 0 Å². The van der Waals surface area contributed by atoms with Gasteiger partial charge in [0.05, 0.1) is 5.69 Å². The first kappa shape index (κ1) is 13.4. The number of nitrogens with zero attached hydrogens (tertiary/aromatic N) is 1. The van der Waals surface area contributed by atoms with E-state index in [2.05, 4.69) is 5.32 Å². The first-order valence-corrected chi connectivity index (χ1v) is 5.90. The fraction of sp³-hybridized carbons (Fsp3) is 0.0667. The third-order valence-electron chi connectivity index (χ3n) is 2.54. The van der Waals surface area contributed by atoms with Crippen LogP contribution in [-0.2, 0) is 0 Å². The lowest BCUT2D eigenvalue weighted by molar-refractivity contribution is 0.102. The monoisotopic (exact) mass is 268 g/mol. The number of phenolic OH excluding ortho intramolecular Hbond substituents is 1. The second kappa shape index (κ2) is 6.25. The maximum atomic E-state index is 12.0. The molecule has 5 nitrogen and oxygen atoms in total. The quantitative estimate of drug-likeness (QED) is 0.892. The van der Waals surface area contributed by atoms with Crippen molar-refractivity contribution in [2.45, 2.75) is 0 Å². The number of anilines is 1. The number of benzene rings is 2. The summed E-state index contributed by atoms with van der Waals surface area (Å²) < 4.78 is 5.22. The number of para-hydroxylation sites is 2. The smallest absolute Gasteiger partial charge is 0.255 e. The second-order valence-corrected chi connectivity index (χ2v) is 3.95. The lowest BCUT2D eigenvalue weighted by Gasteiger charge is -2.10. The first-order chi connectivity index (χ1) is 9.70. The molecule has 0 aliphatic rings. The summed E-state index contributed by atoms with van der Waals surface area (Å²) in [5.41, 5.74) is 0.802. The number of carbonyl (C=O) groups is 1. The summed E-state index contributed by atoms with van der Waals surface area (Å²) in [4.78, 5) is 12.0. The Morgan fingerprint density at radius 1 is 1.25 bits per heavy atom. The minimum absolute atomic E-state index is 0.0201. The van der Waals surface area contributed by atoms with E-state index < -0.39 is 0 Å². The highest BCUT2D eigenvalue weighted by Gasteiger charge is 2.10. The number of phenols is 1. The lowest BCUT2D eigenvalue weighted by Crippen LogP contribution is -2.12. The van der Waals surface area contributed by atoms with Crippen molar-refractivity contribution in [1.29, 1.82) is 5.26 Å². The van der Waals surface area contributed by atoms with Gasteiger partial charge in [0.15, 0.2) is 6.61 Å². The van der Waals surface area contributed by atoms with Gasteiger partial charge in [0.25, 0.3) is 5.91 Å². The van der Waals surface area contributed by atoms with Gasteiger partial charge >= 0.3 is 0 Å². The third-order valence-corrected chi connectivity index (χ3v) is 2.54. The Hall–Kier alpha value is -3.00. The lowest BCUT2D eigenvalue weighted by atomic mass is 10.2. The number of rotatable bonds is 4. The molecule has 0 heterocycles. The average molecular weight is 268 g/mol. The number of hydrogen-bond acceptors (Lipinski definition) is 4. The van der Waals surface area contributed by atoms with Gasteiger partial charge < -0.3 is 15.2 Å². The average Bonchev–Trinajstić information content (AvgIpc) is 2.46. The number of ether oxygens (including phenoxy) is 1. The topological polar surface area (TPSA) is 82.3 Å². The summed E-state index contributed by atoms with van der Waals surface area (Å²) in [6.45, 7) is -0.0982. The molecule has 0 bridgehead atoms. The molecule has 2 rings (SSSR count). The van der Waals surface area contributed by atoms with Gasteiger partial charge in [-0.1, -0.05) is 18.2 Å². The minimum Gasteiger partial charge on any atom is -0.508 e. The molecule has 5 heteroatoms. The van der Waals surface area contributed by atoms with Crippen LogP contribution in [0.5, 0.6) is 11.5 Å². The van der Waals surface area contributed by atoms with E-state index in [0.29, 0.717) is 17.0 Å². The Balaban J connectivity index is 2.18. The number of amides is 1. The van der Waals surface area contributed by atoms with Crippen molar-refractivity contribution in [3.05, 3.63) is 54.1 Å². The van der Waals surface area contributed by atoms with Crippen LogP contribution in [0.4, 0.5) is 5.69 Å². The van der Waals surface area contributed by atoms with Gasteiger partial charge in [-0.3, -0.25) is 4.79 Å². The van der Waals surface area contributed by atoms with E-state index in [4.69, 9.17) is 10.00 Å². The van der Waals surface area contributed by atoms with Crippen LogP contribution in [0.25, 0.3) is 0 Å². The van der Waals surface area contributed by atoms with E-state index in [1.54, 1.807) is 36.4 Å². The fourth-order valence-corrected chi connectivity index (χ4v) is 1.65. The molecule has 0 saturated carbocycles. The summed E-state index contributed by atoms with van der Waals surface area (Å²) in [6.07, 6.45) is 0. The van der Waals surface area contributed by atoms with Crippen molar-refractivity contribution in [3.63, 3.8) is 0 Å². The van der Waals surface area contributed by atoms with Crippen LogP contribution >= 0.6 is 0 Å². The highest BCUT2D eigenvalue weighted by atomic mass is 16.5. The van der Waals surface area contributed by atoms with E-state index in [1.807, 2.05) is 6.07 Å². The highest BCUT2D eigenvalue weighted by molar-refractivity contribution is 6.05. The number of aromatic hydroxyl groups is 1. The normalized spacial score (nSPS) is 9.55. The van der Waals surface area contributed by atoms with Crippen molar-refractivity contribution >= 4 is 11.6 Å². The third kappa shape index (κ3) is 3.27. The SMILES string of the molecule is N#CCOc1ccccc1NC(=O)c1cccc(O)c1. The molecule has 0 spiro atoms. The summed E-state index contributed by atoms with van der Waals surface area (Å²) >= 11 is 0. The molecule has 2 aromatic carbocycles. The predicted octanol–water partition coefficient (Wildman–Crippen LogP) is 2.55. The van der Waals surface area contributed by atoms with Crippen molar-refractivity contribution in [2.75, 3.05) is 11.9 Å². The Labute approximate surface area is 116 Å². The number of carbonyl (C=O) groups excluding carboxylic acids is 1. The zero-order valence-corrected chi connectivity index (χ0v) is 10.5. The van der Waals surface area contributed by atoms with E-state index >= 15 is 0 Å². The molecule has 0 saturated heterocycles. The van der Waals surface area contributed by atoms with Gasteiger partial charge in [-0.2, -0.15) is 5.26 Å². The Bertz CT molecular complexity index is 662. The molecular formula is C15H12N2O3. The standard InChI is InChI=1S/C15H12N2O3/c16-8-9-20-14-7-2-1-6-13(14)17-15(19)11-4-3-5-12(18)10-11/h1-7,10,18H,9H2,(H,17,19). The minimum atomic E-state index is -0.367. The van der Waals surface area contributed by atoms with Crippen LogP contribution in [0.2, 0.25) is 0 Å². The molecule has 0 aliphatic carbocycles. The zero-order valence-electron chi connectivity index (χ0n) is 10.5. The van der Waals surface area contributed by atoms with Crippen molar-refractivity contribution < 1.29 is 14.6 Å². The number of nitriles is 1. The van der Waals surface area contributed by atoms with Gasteiger partial charge in [-0.05, 0) is 30.3 Å². The van der Waals surface area contributed by atoms with Crippen LogP contribution in [0.15, 0.2) is 48.5 Å². The van der Waals surface area contributed by atoms with Gasteiger partial charge in [-0.25, -0.2) is 0 Å². The maximum absolute atomic E-state index is 12.0. The summed E-state index contributed by atoms with van der Waals surface area (Å²) in [7, 11) is 0. The van der Waals surface area contributed by atoms with Crippen molar-refractivity contribution in [1.82, 2.24) is 0 Å². The van der Waals surface area contributed by atoms with Crippen LogP contribution in [-0.4, -0.2) is 17.6 Å². The summed E-state index contributed by atoms with van der Waals surface area (Å²) in [5, 5.41) is 20.6. The Kier molecular flexibility index (Phi) is 4.20. The van der Waals surface area contributed by atoms with Crippen LogP contribution in [0, 0.1) is 11.3 Å². The van der Waals surface area contributed by atoms with Gasteiger partial charge in [0, 0.05) is 5.56 Å². The van der Waals surface area contributed by atoms with Crippen LogP contribution < -0.4 is 10.1 Å². The van der Waals surface area contributed by atoms with Crippen molar-refractivity contribution in [3.8, 4) is 17.6 Å². The zero-order chi connectivity index (χ0) is 14.4. The Morgan fingerprint density at radius 2 is 2.05 bits per heavy atom. The molecule has 0 aliphatic heterocycles. The van der Waals surface area contributed by atoms with Gasteiger partial charge in [0.1, 0.15) is 17.6 Å². The molecule has 0 fully saturated rings.